The van der Waals surface area contributed by atoms with E-state index < -0.39 is 10.0 Å². The van der Waals surface area contributed by atoms with Gasteiger partial charge in [0.05, 0.1) is 16.3 Å². The molecule has 1 aromatic carbocycles. The van der Waals surface area contributed by atoms with Gasteiger partial charge in [-0.15, -0.1) is 0 Å². The standard InChI is InChI=1S/C13H19N3O2S/c14-12-6-5-11(19(15,17)18)9-13(12)16-8-7-10-3-1-2-4-10/h3,5-6,9,16H,1-2,4,7-8,14H2,(H2,15,17,18). The van der Waals surface area contributed by atoms with E-state index in [1.807, 2.05) is 0 Å². The highest BCUT2D eigenvalue weighted by Crippen LogP contribution is 2.24. The average Bonchev–Trinajstić information content (AvgIpc) is 2.83. The minimum atomic E-state index is -3.69. The van der Waals surface area contributed by atoms with E-state index in [0.29, 0.717) is 11.4 Å². The summed E-state index contributed by atoms with van der Waals surface area (Å²) in [7, 11) is -3.69. The van der Waals surface area contributed by atoms with Crippen LogP contribution in [0.15, 0.2) is 34.7 Å². The van der Waals surface area contributed by atoms with Crippen LogP contribution in [0, 0.1) is 0 Å². The number of rotatable bonds is 5. The first-order valence-corrected chi connectivity index (χ1v) is 7.85. The zero-order chi connectivity index (χ0) is 13.9. The lowest BCUT2D eigenvalue weighted by atomic mass is 10.1. The summed E-state index contributed by atoms with van der Waals surface area (Å²) in [4.78, 5) is 0.0734. The van der Waals surface area contributed by atoms with Crippen LogP contribution in [0.4, 0.5) is 11.4 Å². The first kappa shape index (κ1) is 13.9. The molecule has 1 aromatic rings. The van der Waals surface area contributed by atoms with E-state index in [1.54, 1.807) is 6.07 Å². The van der Waals surface area contributed by atoms with Crippen LogP contribution in [0.3, 0.4) is 0 Å². The number of allylic oxidation sites excluding steroid dienone is 1. The second-order valence-electron chi connectivity index (χ2n) is 4.73. The van der Waals surface area contributed by atoms with Crippen LogP contribution in [-0.2, 0) is 10.0 Å². The van der Waals surface area contributed by atoms with Crippen LogP contribution < -0.4 is 16.2 Å². The molecular weight excluding hydrogens is 262 g/mol. The number of nitrogen functional groups attached to an aromatic ring is 1. The number of hydrogen-bond acceptors (Lipinski definition) is 4. The van der Waals surface area contributed by atoms with Crippen LogP contribution in [0.5, 0.6) is 0 Å². The summed E-state index contributed by atoms with van der Waals surface area (Å²) in [6.45, 7) is 0.740. The molecule has 5 nitrogen and oxygen atoms in total. The number of primary sulfonamides is 1. The molecule has 0 fully saturated rings. The molecule has 2 rings (SSSR count). The second kappa shape index (κ2) is 5.63. The van der Waals surface area contributed by atoms with Crippen molar-refractivity contribution in [2.24, 2.45) is 5.14 Å². The zero-order valence-electron chi connectivity index (χ0n) is 10.7. The van der Waals surface area contributed by atoms with E-state index in [-0.39, 0.29) is 4.90 Å². The van der Waals surface area contributed by atoms with Crippen molar-refractivity contribution in [3.8, 4) is 0 Å². The predicted octanol–water partition coefficient (Wildman–Crippen LogP) is 1.83. The van der Waals surface area contributed by atoms with Gasteiger partial charge in [0.25, 0.3) is 0 Å². The molecule has 6 heteroatoms. The third-order valence-corrected chi connectivity index (χ3v) is 4.16. The van der Waals surface area contributed by atoms with Crippen LogP contribution in [0.2, 0.25) is 0 Å². The van der Waals surface area contributed by atoms with Crippen molar-refractivity contribution in [1.29, 1.82) is 0 Å². The first-order chi connectivity index (χ1) is 8.97. The Morgan fingerprint density at radius 3 is 2.74 bits per heavy atom. The molecule has 0 bridgehead atoms. The van der Waals surface area contributed by atoms with Gasteiger partial charge in [-0.2, -0.15) is 0 Å². The molecule has 0 atom stereocenters. The van der Waals surface area contributed by atoms with Gasteiger partial charge in [0.15, 0.2) is 0 Å². The first-order valence-electron chi connectivity index (χ1n) is 6.31. The lowest BCUT2D eigenvalue weighted by molar-refractivity contribution is 0.598. The Labute approximate surface area is 113 Å². The molecule has 0 heterocycles. The van der Waals surface area contributed by atoms with Crippen LogP contribution in [-0.4, -0.2) is 15.0 Å². The topological polar surface area (TPSA) is 98.2 Å². The van der Waals surface area contributed by atoms with Crippen molar-refractivity contribution >= 4 is 21.4 Å². The van der Waals surface area contributed by atoms with Crippen molar-refractivity contribution < 1.29 is 8.42 Å². The van der Waals surface area contributed by atoms with E-state index in [1.165, 1.54) is 30.5 Å². The summed E-state index contributed by atoms with van der Waals surface area (Å²) in [6, 6.07) is 4.44. The Morgan fingerprint density at radius 1 is 1.32 bits per heavy atom. The molecule has 0 aromatic heterocycles. The lowest BCUT2D eigenvalue weighted by Crippen LogP contribution is -2.13. The number of anilines is 2. The van der Waals surface area contributed by atoms with E-state index in [2.05, 4.69) is 11.4 Å². The predicted molar refractivity (Wildman–Crippen MR) is 77.3 cm³/mol. The van der Waals surface area contributed by atoms with Crippen LogP contribution in [0.25, 0.3) is 0 Å². The van der Waals surface area contributed by atoms with E-state index in [4.69, 9.17) is 10.9 Å². The normalized spacial score (nSPS) is 15.3. The Morgan fingerprint density at radius 2 is 2.11 bits per heavy atom. The Bertz CT molecular complexity index is 594. The zero-order valence-corrected chi connectivity index (χ0v) is 11.5. The van der Waals surface area contributed by atoms with Gasteiger partial charge in [-0.05, 0) is 43.9 Å². The third kappa shape index (κ3) is 3.71. The van der Waals surface area contributed by atoms with Crippen molar-refractivity contribution in [3.63, 3.8) is 0 Å². The highest BCUT2D eigenvalue weighted by molar-refractivity contribution is 7.89. The van der Waals surface area contributed by atoms with Crippen molar-refractivity contribution in [3.05, 3.63) is 29.8 Å². The van der Waals surface area contributed by atoms with Crippen molar-refractivity contribution in [2.75, 3.05) is 17.6 Å². The molecule has 1 aliphatic carbocycles. The maximum Gasteiger partial charge on any atom is 0.238 e. The number of hydrogen-bond donors (Lipinski definition) is 3. The Hall–Kier alpha value is -1.53. The fourth-order valence-corrected chi connectivity index (χ4v) is 2.73. The summed E-state index contributed by atoms with van der Waals surface area (Å²) < 4.78 is 22.6. The third-order valence-electron chi connectivity index (χ3n) is 3.25. The molecule has 5 N–H and O–H groups in total. The van der Waals surface area contributed by atoms with Crippen molar-refractivity contribution in [2.45, 2.75) is 30.6 Å². The Kier molecular flexibility index (Phi) is 4.11. The van der Waals surface area contributed by atoms with Gasteiger partial charge in [-0.25, -0.2) is 13.6 Å². The fraction of sp³-hybridized carbons (Fsp3) is 0.385. The largest absolute Gasteiger partial charge is 0.397 e. The van der Waals surface area contributed by atoms with Gasteiger partial charge in [0.1, 0.15) is 0 Å². The van der Waals surface area contributed by atoms with E-state index in [0.717, 1.165) is 19.4 Å². The molecular formula is C13H19N3O2S. The molecule has 0 spiro atoms. The van der Waals surface area contributed by atoms with Gasteiger partial charge in [-0.3, -0.25) is 0 Å². The fourth-order valence-electron chi connectivity index (χ4n) is 2.19. The van der Waals surface area contributed by atoms with E-state index >= 15 is 0 Å². The van der Waals surface area contributed by atoms with E-state index in [9.17, 15) is 8.42 Å². The van der Waals surface area contributed by atoms with Gasteiger partial charge >= 0.3 is 0 Å². The minimum absolute atomic E-state index is 0.0734. The summed E-state index contributed by atoms with van der Waals surface area (Å²) in [5.74, 6) is 0. The molecule has 0 saturated heterocycles. The molecule has 19 heavy (non-hydrogen) atoms. The summed E-state index contributed by atoms with van der Waals surface area (Å²) in [6.07, 6.45) is 6.79. The maximum absolute atomic E-state index is 11.3. The quantitative estimate of drug-likeness (QED) is 0.566. The van der Waals surface area contributed by atoms with Gasteiger partial charge < -0.3 is 11.1 Å². The lowest BCUT2D eigenvalue weighted by Gasteiger charge is -2.11. The monoisotopic (exact) mass is 281 g/mol. The Balaban J connectivity index is 2.02. The number of nitrogens with two attached hydrogens (primary N) is 2. The number of benzene rings is 1. The van der Waals surface area contributed by atoms with Crippen molar-refractivity contribution in [1.82, 2.24) is 0 Å². The second-order valence-corrected chi connectivity index (χ2v) is 6.29. The summed E-state index contributed by atoms with van der Waals surface area (Å²) in [5.41, 5.74) is 8.40. The van der Waals surface area contributed by atoms with Gasteiger partial charge in [0, 0.05) is 6.54 Å². The molecule has 0 aliphatic heterocycles. The molecule has 0 unspecified atom stereocenters. The number of sulfonamides is 1. The molecule has 0 amide bonds. The van der Waals surface area contributed by atoms with Gasteiger partial charge in [-0.1, -0.05) is 11.6 Å². The van der Waals surface area contributed by atoms with Crippen LogP contribution >= 0.6 is 0 Å². The molecule has 0 radical (unpaired) electrons. The maximum atomic E-state index is 11.3. The molecule has 1 aliphatic rings. The van der Waals surface area contributed by atoms with Crippen LogP contribution in [0.1, 0.15) is 25.7 Å². The average molecular weight is 281 g/mol. The summed E-state index contributed by atoms with van der Waals surface area (Å²) >= 11 is 0. The summed E-state index contributed by atoms with van der Waals surface area (Å²) in [5, 5.41) is 8.26. The number of nitrogens with one attached hydrogen (secondary N) is 1. The van der Waals surface area contributed by atoms with Gasteiger partial charge in [0.2, 0.25) is 10.0 Å². The SMILES string of the molecule is Nc1ccc(S(N)(=O)=O)cc1NCCC1=CCCC1. The minimum Gasteiger partial charge on any atom is -0.397 e. The highest BCUT2D eigenvalue weighted by atomic mass is 32.2. The molecule has 104 valence electrons. The smallest absolute Gasteiger partial charge is 0.238 e. The highest BCUT2D eigenvalue weighted by Gasteiger charge is 2.10. The molecule has 0 saturated carbocycles.